The van der Waals surface area contributed by atoms with Gasteiger partial charge in [0.15, 0.2) is 0 Å². The van der Waals surface area contributed by atoms with E-state index in [0.29, 0.717) is 5.56 Å². The molecule has 1 heterocycles. The van der Waals surface area contributed by atoms with Gasteiger partial charge in [-0.15, -0.1) is 10.2 Å². The molecular formula is C20H22N4O3S2. The smallest absolute Gasteiger partial charge is 0.270 e. The Morgan fingerprint density at radius 3 is 2.41 bits per heavy atom. The molecule has 7 nitrogen and oxygen atoms in total. The van der Waals surface area contributed by atoms with Crippen molar-refractivity contribution in [3.63, 3.8) is 0 Å². The number of amides is 1. The van der Waals surface area contributed by atoms with Gasteiger partial charge in [0.25, 0.3) is 15.9 Å². The number of nitrogens with zero attached hydrogens (tertiary/aromatic N) is 2. The first-order valence-corrected chi connectivity index (χ1v) is 11.3. The largest absolute Gasteiger partial charge is 0.296 e. The molecule has 0 bridgehead atoms. The highest BCUT2D eigenvalue weighted by Crippen LogP contribution is 2.24. The van der Waals surface area contributed by atoms with E-state index in [1.54, 1.807) is 19.1 Å². The molecule has 29 heavy (non-hydrogen) atoms. The fourth-order valence-electron chi connectivity index (χ4n) is 2.75. The van der Waals surface area contributed by atoms with Crippen LogP contribution in [0.15, 0.2) is 46.8 Å². The highest BCUT2D eigenvalue weighted by atomic mass is 32.2. The van der Waals surface area contributed by atoms with Gasteiger partial charge >= 0.3 is 0 Å². The Labute approximate surface area is 174 Å². The number of anilines is 1. The van der Waals surface area contributed by atoms with Crippen molar-refractivity contribution in [3.05, 3.63) is 70.3 Å². The van der Waals surface area contributed by atoms with Crippen LogP contribution >= 0.6 is 11.3 Å². The average molecular weight is 431 g/mol. The van der Waals surface area contributed by atoms with Crippen molar-refractivity contribution in [1.82, 2.24) is 14.9 Å². The molecule has 1 atom stereocenters. The second kappa shape index (κ2) is 8.40. The molecule has 2 N–H and O–H groups in total. The molecule has 9 heteroatoms. The van der Waals surface area contributed by atoms with E-state index in [1.807, 2.05) is 51.1 Å². The van der Waals surface area contributed by atoms with Crippen molar-refractivity contribution in [2.24, 2.45) is 0 Å². The van der Waals surface area contributed by atoms with Gasteiger partial charge in [-0.25, -0.2) is 13.1 Å². The van der Waals surface area contributed by atoms with Crippen LogP contribution in [0.5, 0.6) is 0 Å². The first-order valence-electron chi connectivity index (χ1n) is 8.97. The third-order valence-electron chi connectivity index (χ3n) is 4.61. The summed E-state index contributed by atoms with van der Waals surface area (Å²) in [5, 5.41) is 10.3. The maximum absolute atomic E-state index is 12.7. The number of nitrogens with one attached hydrogen (secondary N) is 2. The molecule has 0 aliphatic rings. The zero-order chi connectivity index (χ0) is 21.2. The number of aryl methyl sites for hydroxylation is 3. The number of carbonyl (C=O) groups excluding carboxylic acids is 1. The maximum atomic E-state index is 12.7. The van der Waals surface area contributed by atoms with Crippen molar-refractivity contribution in [2.75, 3.05) is 5.32 Å². The number of rotatable bonds is 6. The van der Waals surface area contributed by atoms with E-state index in [-0.39, 0.29) is 15.4 Å². The predicted molar refractivity (Wildman–Crippen MR) is 114 cm³/mol. The molecule has 3 rings (SSSR count). The van der Waals surface area contributed by atoms with E-state index in [0.717, 1.165) is 33.6 Å². The van der Waals surface area contributed by atoms with E-state index in [2.05, 4.69) is 20.2 Å². The molecule has 1 amide bonds. The number of sulfonamides is 1. The minimum Gasteiger partial charge on any atom is -0.296 e. The summed E-state index contributed by atoms with van der Waals surface area (Å²) < 4.78 is 27.8. The van der Waals surface area contributed by atoms with Crippen molar-refractivity contribution in [1.29, 1.82) is 0 Å². The van der Waals surface area contributed by atoms with Crippen LogP contribution in [0, 0.1) is 20.8 Å². The summed E-state index contributed by atoms with van der Waals surface area (Å²) in [6, 6.07) is 12.5. The van der Waals surface area contributed by atoms with Crippen LogP contribution in [-0.2, 0) is 10.0 Å². The molecule has 152 valence electrons. The monoisotopic (exact) mass is 430 g/mol. The Morgan fingerprint density at radius 1 is 1.00 bits per heavy atom. The molecule has 2 aromatic carbocycles. The summed E-state index contributed by atoms with van der Waals surface area (Å²) in [4.78, 5) is 12.4. The van der Waals surface area contributed by atoms with Crippen LogP contribution < -0.4 is 10.0 Å². The summed E-state index contributed by atoms with van der Waals surface area (Å²) in [5.41, 5.74) is 4.39. The average Bonchev–Trinajstić information content (AvgIpc) is 3.13. The van der Waals surface area contributed by atoms with Crippen LogP contribution in [0.3, 0.4) is 0 Å². The van der Waals surface area contributed by atoms with Gasteiger partial charge in [0.05, 0.1) is 0 Å². The molecule has 0 aliphatic carbocycles. The normalized spacial score (nSPS) is 12.6. The Kier molecular flexibility index (Phi) is 6.11. The van der Waals surface area contributed by atoms with Crippen LogP contribution in [0.4, 0.5) is 5.13 Å². The van der Waals surface area contributed by atoms with E-state index in [4.69, 9.17) is 0 Å². The van der Waals surface area contributed by atoms with E-state index < -0.39 is 16.1 Å². The van der Waals surface area contributed by atoms with Crippen molar-refractivity contribution < 1.29 is 13.2 Å². The van der Waals surface area contributed by atoms with Gasteiger partial charge in [0.1, 0.15) is 0 Å². The Bertz CT molecular complexity index is 1160. The predicted octanol–water partition coefficient (Wildman–Crippen LogP) is 3.76. The highest BCUT2D eigenvalue weighted by Gasteiger charge is 2.24. The van der Waals surface area contributed by atoms with E-state index >= 15 is 0 Å². The molecular weight excluding hydrogens is 408 g/mol. The molecule has 0 unspecified atom stereocenters. The molecule has 0 saturated carbocycles. The van der Waals surface area contributed by atoms with Crippen molar-refractivity contribution >= 4 is 32.4 Å². The van der Waals surface area contributed by atoms with Gasteiger partial charge in [-0.1, -0.05) is 47.7 Å². The lowest BCUT2D eigenvalue weighted by Crippen LogP contribution is -2.26. The quantitative estimate of drug-likeness (QED) is 0.580. The first-order chi connectivity index (χ1) is 13.7. The first kappa shape index (κ1) is 21.1. The second-order valence-electron chi connectivity index (χ2n) is 6.83. The zero-order valence-electron chi connectivity index (χ0n) is 16.6. The van der Waals surface area contributed by atoms with E-state index in [9.17, 15) is 13.2 Å². The van der Waals surface area contributed by atoms with Gasteiger partial charge in [-0.2, -0.15) is 0 Å². The number of hydrogen-bond acceptors (Lipinski definition) is 6. The minimum atomic E-state index is -3.87. The maximum Gasteiger partial charge on any atom is 0.270 e. The zero-order valence-corrected chi connectivity index (χ0v) is 18.2. The summed E-state index contributed by atoms with van der Waals surface area (Å²) in [5.74, 6) is -0.361. The summed E-state index contributed by atoms with van der Waals surface area (Å²) in [6.45, 7) is 7.57. The number of aromatic nitrogens is 2. The molecule has 0 spiro atoms. The Balaban J connectivity index is 1.73. The minimum absolute atomic E-state index is 0.123. The molecule has 3 aromatic rings. The van der Waals surface area contributed by atoms with Gasteiger partial charge in [0, 0.05) is 11.6 Å². The van der Waals surface area contributed by atoms with Crippen LogP contribution in [0.2, 0.25) is 0 Å². The van der Waals surface area contributed by atoms with E-state index in [1.165, 1.54) is 0 Å². The SMILES string of the molecule is Cc1ccc([C@H](C)NS(=O)(=O)c2nnc(NC(=O)c3ccccc3C)s2)cc1C. The van der Waals surface area contributed by atoms with Gasteiger partial charge < -0.3 is 0 Å². The second-order valence-corrected chi connectivity index (χ2v) is 9.69. The number of hydrogen-bond donors (Lipinski definition) is 2. The van der Waals surface area contributed by atoms with Gasteiger partial charge in [0.2, 0.25) is 9.47 Å². The molecule has 0 aliphatic heterocycles. The fraction of sp³-hybridized carbons (Fsp3) is 0.250. The van der Waals surface area contributed by atoms with Crippen molar-refractivity contribution in [3.8, 4) is 0 Å². The lowest BCUT2D eigenvalue weighted by molar-refractivity contribution is 0.102. The third-order valence-corrected chi connectivity index (χ3v) is 7.36. The number of benzene rings is 2. The highest BCUT2D eigenvalue weighted by molar-refractivity contribution is 7.91. The van der Waals surface area contributed by atoms with Crippen molar-refractivity contribution in [2.45, 2.75) is 38.1 Å². The third kappa shape index (κ3) is 4.87. The van der Waals surface area contributed by atoms with Crippen LogP contribution in [-0.4, -0.2) is 24.5 Å². The van der Waals surface area contributed by atoms with Gasteiger partial charge in [-0.05, 0) is 56.0 Å². The lowest BCUT2D eigenvalue weighted by Gasteiger charge is -2.14. The standard InChI is InChI=1S/C20H22N4O3S2/c1-12-9-10-16(11-14(12)3)15(4)24-29(26,27)20-23-22-19(28-20)21-18(25)17-8-6-5-7-13(17)2/h5-11,15,24H,1-4H3,(H,21,22,25)/t15-/m0/s1. The van der Waals surface area contributed by atoms with Crippen LogP contribution in [0.1, 0.15) is 45.6 Å². The summed E-state index contributed by atoms with van der Waals surface area (Å²) in [7, 11) is -3.87. The lowest BCUT2D eigenvalue weighted by atomic mass is 10.0. The Hall–Kier alpha value is -2.62. The molecule has 0 fully saturated rings. The summed E-state index contributed by atoms with van der Waals surface area (Å²) >= 11 is 0.807. The molecule has 1 aromatic heterocycles. The fourth-order valence-corrected chi connectivity index (χ4v) is 4.89. The van der Waals surface area contributed by atoms with Gasteiger partial charge in [-0.3, -0.25) is 10.1 Å². The number of carbonyl (C=O) groups is 1. The topological polar surface area (TPSA) is 101 Å². The Morgan fingerprint density at radius 2 is 1.72 bits per heavy atom. The summed E-state index contributed by atoms with van der Waals surface area (Å²) in [6.07, 6.45) is 0. The van der Waals surface area contributed by atoms with Crippen LogP contribution in [0.25, 0.3) is 0 Å². The molecule has 0 saturated heterocycles. The molecule has 0 radical (unpaired) electrons.